The number of aliphatic hydroxyl groups excluding tert-OH is 1. The fraction of sp³-hybridized carbons (Fsp3) is 1.00. The smallest absolute Gasteiger partial charge is 0.0794 e. The van der Waals surface area contributed by atoms with E-state index in [1.807, 2.05) is 0 Å². The van der Waals surface area contributed by atoms with Crippen LogP contribution in [0, 0.1) is 0 Å². The molecule has 0 radical (unpaired) electrons. The first-order valence-corrected chi connectivity index (χ1v) is 6.07. The first-order valence-electron chi connectivity index (χ1n) is 6.07. The molecule has 0 spiro atoms. The molecule has 4 heteroatoms. The topological polar surface area (TPSA) is 38.7 Å². The monoisotopic (exact) mass is 213 g/mol. The molecule has 2 rings (SSSR count). The van der Waals surface area contributed by atoms with E-state index in [-0.39, 0.29) is 6.10 Å². The molecule has 2 aliphatic rings. The van der Waals surface area contributed by atoms with E-state index >= 15 is 0 Å². The van der Waals surface area contributed by atoms with Crippen molar-refractivity contribution >= 4 is 0 Å². The van der Waals surface area contributed by atoms with E-state index in [2.05, 4.69) is 22.2 Å². The fourth-order valence-corrected chi connectivity index (χ4v) is 2.52. The highest BCUT2D eigenvalue weighted by atomic mass is 16.3. The predicted octanol–water partition coefficient (Wildman–Crippen LogP) is -0.306. The number of hydrogen-bond donors (Lipinski definition) is 2. The Morgan fingerprint density at radius 1 is 1.40 bits per heavy atom. The van der Waals surface area contributed by atoms with Crippen LogP contribution in [-0.2, 0) is 0 Å². The van der Waals surface area contributed by atoms with Crippen molar-refractivity contribution in [2.24, 2.45) is 0 Å². The molecule has 0 aromatic carbocycles. The highest BCUT2D eigenvalue weighted by molar-refractivity contribution is 4.79. The van der Waals surface area contributed by atoms with E-state index < -0.39 is 0 Å². The van der Waals surface area contributed by atoms with Crippen molar-refractivity contribution in [3.05, 3.63) is 0 Å². The Balaban J connectivity index is 1.48. The molecular weight excluding hydrogens is 190 g/mol. The molecule has 0 aliphatic carbocycles. The van der Waals surface area contributed by atoms with Gasteiger partial charge in [0.05, 0.1) is 6.10 Å². The summed E-state index contributed by atoms with van der Waals surface area (Å²) in [4.78, 5) is 4.71. The lowest BCUT2D eigenvalue weighted by atomic mass is 10.1. The Bertz CT molecular complexity index is 194. The number of β-amino-alcohol motifs (C(OH)–C–C–N with tert-alkyl or cyclic N) is 1. The Labute approximate surface area is 92.2 Å². The molecule has 1 atom stereocenters. The van der Waals surface area contributed by atoms with E-state index in [4.69, 9.17) is 5.11 Å². The zero-order valence-corrected chi connectivity index (χ0v) is 9.65. The van der Waals surface area contributed by atoms with Gasteiger partial charge < -0.3 is 15.3 Å². The van der Waals surface area contributed by atoms with Gasteiger partial charge in [-0.1, -0.05) is 0 Å². The van der Waals surface area contributed by atoms with Gasteiger partial charge in [-0.05, 0) is 39.4 Å². The molecule has 0 saturated carbocycles. The van der Waals surface area contributed by atoms with Crippen molar-refractivity contribution in [1.29, 1.82) is 0 Å². The molecular formula is C11H23N3O. The highest BCUT2D eigenvalue weighted by Crippen LogP contribution is 2.16. The molecule has 15 heavy (non-hydrogen) atoms. The lowest BCUT2D eigenvalue weighted by molar-refractivity contribution is -0.00246. The van der Waals surface area contributed by atoms with Crippen LogP contribution in [0.25, 0.3) is 0 Å². The number of nitrogens with zero attached hydrogens (tertiary/aromatic N) is 2. The lowest BCUT2D eigenvalue weighted by Crippen LogP contribution is -2.54. The minimum atomic E-state index is -0.0761. The zero-order valence-electron chi connectivity index (χ0n) is 9.65. The van der Waals surface area contributed by atoms with Gasteiger partial charge in [0, 0.05) is 25.8 Å². The van der Waals surface area contributed by atoms with Crippen molar-refractivity contribution in [3.8, 4) is 0 Å². The highest BCUT2D eigenvalue weighted by Gasteiger charge is 2.23. The molecule has 0 aromatic heterocycles. The van der Waals surface area contributed by atoms with Crippen LogP contribution in [-0.4, -0.2) is 66.9 Å². The van der Waals surface area contributed by atoms with Crippen LogP contribution in [0.1, 0.15) is 19.3 Å². The number of aliphatic hydroxyl groups is 1. The van der Waals surface area contributed by atoms with Crippen molar-refractivity contribution in [1.82, 2.24) is 15.1 Å². The largest absolute Gasteiger partial charge is 0.390 e. The molecule has 88 valence electrons. The van der Waals surface area contributed by atoms with Crippen LogP contribution >= 0.6 is 0 Å². The van der Waals surface area contributed by atoms with Crippen LogP contribution in [0.2, 0.25) is 0 Å². The maximum atomic E-state index is 9.11. The van der Waals surface area contributed by atoms with Crippen molar-refractivity contribution in [2.45, 2.75) is 31.4 Å². The maximum Gasteiger partial charge on any atom is 0.0794 e. The summed E-state index contributed by atoms with van der Waals surface area (Å²) >= 11 is 0. The van der Waals surface area contributed by atoms with Gasteiger partial charge in [-0.3, -0.25) is 4.90 Å². The molecule has 0 bridgehead atoms. The molecule has 2 N–H and O–H groups in total. The van der Waals surface area contributed by atoms with Gasteiger partial charge in [0.2, 0.25) is 0 Å². The van der Waals surface area contributed by atoms with Gasteiger partial charge in [0.25, 0.3) is 0 Å². The molecule has 4 nitrogen and oxygen atoms in total. The van der Waals surface area contributed by atoms with E-state index in [0.717, 1.165) is 32.3 Å². The predicted molar refractivity (Wildman–Crippen MR) is 60.7 cm³/mol. The van der Waals surface area contributed by atoms with Gasteiger partial charge in [-0.15, -0.1) is 0 Å². The number of rotatable bonds is 5. The van der Waals surface area contributed by atoms with Gasteiger partial charge in [-0.2, -0.15) is 0 Å². The summed E-state index contributed by atoms with van der Waals surface area (Å²) in [6.07, 6.45) is 3.90. The van der Waals surface area contributed by atoms with Crippen molar-refractivity contribution < 1.29 is 5.11 Å². The number of hydrogen-bond acceptors (Lipinski definition) is 4. The van der Waals surface area contributed by atoms with E-state index in [9.17, 15) is 0 Å². The van der Waals surface area contributed by atoms with Gasteiger partial charge in [0.15, 0.2) is 0 Å². The molecule has 2 aliphatic heterocycles. The number of likely N-dealkylation sites (tertiary alicyclic amines) is 2. The summed E-state index contributed by atoms with van der Waals surface area (Å²) in [5.41, 5.74) is 0. The Morgan fingerprint density at radius 3 is 2.80 bits per heavy atom. The van der Waals surface area contributed by atoms with Gasteiger partial charge in [0.1, 0.15) is 0 Å². The second kappa shape index (κ2) is 5.25. The van der Waals surface area contributed by atoms with E-state index in [1.165, 1.54) is 25.8 Å². The average Bonchev–Trinajstić information content (AvgIpc) is 2.55. The van der Waals surface area contributed by atoms with Crippen LogP contribution in [0.5, 0.6) is 0 Å². The van der Waals surface area contributed by atoms with E-state index in [0.29, 0.717) is 0 Å². The third-order valence-electron chi connectivity index (χ3n) is 3.60. The summed E-state index contributed by atoms with van der Waals surface area (Å²) in [5.74, 6) is 0. The quantitative estimate of drug-likeness (QED) is 0.615. The second-order valence-electron chi connectivity index (χ2n) is 4.91. The van der Waals surface area contributed by atoms with Crippen molar-refractivity contribution in [3.63, 3.8) is 0 Å². The fourth-order valence-electron chi connectivity index (χ4n) is 2.52. The summed E-state index contributed by atoms with van der Waals surface area (Å²) in [5, 5.41) is 12.5. The lowest BCUT2D eigenvalue weighted by Gasteiger charge is -2.35. The second-order valence-corrected chi connectivity index (χ2v) is 4.91. The molecule has 0 aromatic rings. The SMILES string of the molecule is CN1CCCC1CCNCN1CC(O)C1. The minimum Gasteiger partial charge on any atom is -0.390 e. The average molecular weight is 213 g/mol. The van der Waals surface area contributed by atoms with Crippen molar-refractivity contribution in [2.75, 3.05) is 39.9 Å². The van der Waals surface area contributed by atoms with Gasteiger partial charge >= 0.3 is 0 Å². The zero-order chi connectivity index (χ0) is 10.7. The van der Waals surface area contributed by atoms with E-state index in [1.54, 1.807) is 0 Å². The normalized spacial score (nSPS) is 29.6. The summed E-state index contributed by atoms with van der Waals surface area (Å²) < 4.78 is 0. The Kier molecular flexibility index (Phi) is 3.97. The van der Waals surface area contributed by atoms with Crippen LogP contribution in [0.4, 0.5) is 0 Å². The van der Waals surface area contributed by atoms with Crippen LogP contribution < -0.4 is 5.32 Å². The third kappa shape index (κ3) is 3.14. The van der Waals surface area contributed by atoms with Crippen LogP contribution in [0.15, 0.2) is 0 Å². The molecule has 2 heterocycles. The molecule has 1 unspecified atom stereocenters. The summed E-state index contributed by atoms with van der Waals surface area (Å²) in [6.45, 7) is 4.99. The Morgan fingerprint density at radius 2 is 2.20 bits per heavy atom. The maximum absolute atomic E-state index is 9.11. The summed E-state index contributed by atoms with van der Waals surface area (Å²) in [6, 6.07) is 0.791. The Hall–Kier alpha value is -0.160. The summed E-state index contributed by atoms with van der Waals surface area (Å²) in [7, 11) is 2.23. The molecule has 2 saturated heterocycles. The minimum absolute atomic E-state index is 0.0761. The third-order valence-corrected chi connectivity index (χ3v) is 3.60. The first kappa shape index (κ1) is 11.3. The molecule has 0 amide bonds. The number of nitrogens with one attached hydrogen (secondary N) is 1. The first-order chi connectivity index (χ1) is 7.25. The standard InChI is InChI=1S/C11H23N3O/c1-13-6-2-3-10(13)4-5-12-9-14-7-11(15)8-14/h10-12,15H,2-9H2,1H3. The van der Waals surface area contributed by atoms with Crippen LogP contribution in [0.3, 0.4) is 0 Å². The van der Waals surface area contributed by atoms with Gasteiger partial charge in [-0.25, -0.2) is 0 Å². The molecule has 2 fully saturated rings.